The molecule has 2 heterocycles. The molecule has 2 aromatic rings. The number of halogens is 1. The van der Waals surface area contributed by atoms with Crippen molar-refractivity contribution in [1.82, 2.24) is 14.1 Å². The summed E-state index contributed by atoms with van der Waals surface area (Å²) in [5, 5.41) is 0.576. The van der Waals surface area contributed by atoms with Gasteiger partial charge in [-0.1, -0.05) is 48.4 Å². The molecule has 0 aliphatic carbocycles. The molecule has 0 N–H and O–H groups in total. The van der Waals surface area contributed by atoms with E-state index in [-0.39, 0.29) is 17.5 Å². The highest BCUT2D eigenvalue weighted by Crippen LogP contribution is 2.34. The van der Waals surface area contributed by atoms with Gasteiger partial charge in [0.2, 0.25) is 15.9 Å². The van der Waals surface area contributed by atoms with Crippen molar-refractivity contribution in [2.24, 2.45) is 0 Å². The Labute approximate surface area is 240 Å². The van der Waals surface area contributed by atoms with Crippen molar-refractivity contribution in [2.75, 3.05) is 33.7 Å². The van der Waals surface area contributed by atoms with E-state index >= 15 is 0 Å². The number of sulfonamides is 1. The summed E-state index contributed by atoms with van der Waals surface area (Å²) >= 11 is 6.24. The highest BCUT2D eigenvalue weighted by molar-refractivity contribution is 7.89. The lowest BCUT2D eigenvalue weighted by Crippen LogP contribution is -2.54. The van der Waals surface area contributed by atoms with Gasteiger partial charge in [0.1, 0.15) is 0 Å². The van der Waals surface area contributed by atoms with Crippen molar-refractivity contribution >= 4 is 27.5 Å². The van der Waals surface area contributed by atoms with Gasteiger partial charge < -0.3 is 9.80 Å². The standard InChI is InChI=1S/C31H44ClN3O3S/c1-24-23-29(25(2)22-28(24)32)39(37,38)35-19-9-8-12-27(35)13-14-30(36)34-20-17-31(18-21-34,33(3)4)16-15-26-10-6-5-7-11-26/h5-7,10-11,22-23,27H,8-9,12-21H2,1-4H3. The molecule has 0 saturated carbocycles. The van der Waals surface area contributed by atoms with E-state index in [0.29, 0.717) is 34.9 Å². The molecule has 1 amide bonds. The molecule has 0 aromatic heterocycles. The Bertz CT molecular complexity index is 1240. The van der Waals surface area contributed by atoms with Gasteiger partial charge >= 0.3 is 0 Å². The number of carbonyl (C=O) groups is 1. The first-order chi connectivity index (χ1) is 18.5. The van der Waals surface area contributed by atoms with Crippen LogP contribution in [0.5, 0.6) is 0 Å². The summed E-state index contributed by atoms with van der Waals surface area (Å²) in [5.41, 5.74) is 2.87. The molecule has 4 rings (SSSR count). The molecule has 1 atom stereocenters. The number of amides is 1. The van der Waals surface area contributed by atoms with E-state index in [1.807, 2.05) is 11.8 Å². The zero-order valence-corrected chi connectivity index (χ0v) is 25.5. The van der Waals surface area contributed by atoms with Crippen LogP contribution in [0.4, 0.5) is 0 Å². The Hall–Kier alpha value is -1.93. The zero-order valence-electron chi connectivity index (χ0n) is 24.0. The molecule has 0 radical (unpaired) electrons. The van der Waals surface area contributed by atoms with E-state index in [9.17, 15) is 13.2 Å². The van der Waals surface area contributed by atoms with Crippen LogP contribution in [0.3, 0.4) is 0 Å². The first-order valence-electron chi connectivity index (χ1n) is 14.3. The Balaban J connectivity index is 1.36. The number of hydrogen-bond donors (Lipinski definition) is 0. The molecule has 8 heteroatoms. The van der Waals surface area contributed by atoms with Crippen molar-refractivity contribution in [3.05, 3.63) is 64.2 Å². The first kappa shape index (κ1) is 30.0. The summed E-state index contributed by atoms with van der Waals surface area (Å²) in [6.45, 7) is 5.63. The molecule has 39 heavy (non-hydrogen) atoms. The van der Waals surface area contributed by atoms with Gasteiger partial charge in [0, 0.05) is 42.7 Å². The van der Waals surface area contributed by atoms with E-state index in [1.165, 1.54) is 5.56 Å². The van der Waals surface area contributed by atoms with Crippen LogP contribution in [0.15, 0.2) is 47.4 Å². The third kappa shape index (κ3) is 6.87. The van der Waals surface area contributed by atoms with Gasteiger partial charge in [-0.05, 0) is 102 Å². The lowest BCUT2D eigenvalue weighted by molar-refractivity contribution is -0.134. The number of piperidine rings is 2. The summed E-state index contributed by atoms with van der Waals surface area (Å²) in [5.74, 6) is 0.145. The van der Waals surface area contributed by atoms with Crippen LogP contribution < -0.4 is 0 Å². The van der Waals surface area contributed by atoms with Crippen LogP contribution in [-0.4, -0.2) is 73.7 Å². The van der Waals surface area contributed by atoms with Crippen molar-refractivity contribution < 1.29 is 13.2 Å². The Morgan fingerprint density at radius 3 is 2.38 bits per heavy atom. The van der Waals surface area contributed by atoms with Crippen molar-refractivity contribution in [3.8, 4) is 0 Å². The molecular formula is C31H44ClN3O3S. The molecule has 2 fully saturated rings. The van der Waals surface area contributed by atoms with Gasteiger partial charge in [-0.25, -0.2) is 8.42 Å². The fourth-order valence-corrected chi connectivity index (χ4v) is 8.54. The van der Waals surface area contributed by atoms with E-state index in [0.717, 1.165) is 63.6 Å². The van der Waals surface area contributed by atoms with Gasteiger partial charge in [-0.15, -0.1) is 0 Å². The van der Waals surface area contributed by atoms with E-state index in [4.69, 9.17) is 11.6 Å². The summed E-state index contributed by atoms with van der Waals surface area (Å²) in [4.78, 5) is 18.0. The van der Waals surface area contributed by atoms with Gasteiger partial charge in [0.15, 0.2) is 0 Å². The van der Waals surface area contributed by atoms with E-state index < -0.39 is 10.0 Å². The SMILES string of the molecule is Cc1cc(S(=O)(=O)N2CCCCC2CCC(=O)N2CCC(CCc3ccccc3)(N(C)C)CC2)c(C)cc1Cl. The van der Waals surface area contributed by atoms with Crippen molar-refractivity contribution in [1.29, 1.82) is 0 Å². The predicted molar refractivity (Wildman–Crippen MR) is 159 cm³/mol. The zero-order chi connectivity index (χ0) is 28.2. The number of rotatable bonds is 9. The summed E-state index contributed by atoms with van der Waals surface area (Å²) < 4.78 is 29.1. The minimum atomic E-state index is -3.66. The van der Waals surface area contributed by atoms with Crippen LogP contribution in [-0.2, 0) is 21.2 Å². The fraction of sp³-hybridized carbons (Fsp3) is 0.581. The average Bonchev–Trinajstić information content (AvgIpc) is 2.93. The molecule has 2 aliphatic heterocycles. The van der Waals surface area contributed by atoms with Gasteiger partial charge in [0.25, 0.3) is 0 Å². The predicted octanol–water partition coefficient (Wildman–Crippen LogP) is 5.84. The Morgan fingerprint density at radius 1 is 1.03 bits per heavy atom. The monoisotopic (exact) mass is 573 g/mol. The van der Waals surface area contributed by atoms with Crippen LogP contribution in [0.25, 0.3) is 0 Å². The highest BCUT2D eigenvalue weighted by atomic mass is 35.5. The molecule has 0 spiro atoms. The molecule has 1 unspecified atom stereocenters. The average molecular weight is 574 g/mol. The quantitative estimate of drug-likeness (QED) is 0.378. The largest absolute Gasteiger partial charge is 0.343 e. The second-order valence-corrected chi connectivity index (χ2v) is 13.9. The fourth-order valence-electron chi connectivity index (χ4n) is 6.30. The third-order valence-corrected chi connectivity index (χ3v) is 11.5. The van der Waals surface area contributed by atoms with Gasteiger partial charge in [0.05, 0.1) is 4.90 Å². The molecule has 6 nitrogen and oxygen atoms in total. The maximum atomic E-state index is 13.7. The number of hydrogen-bond acceptors (Lipinski definition) is 4. The summed E-state index contributed by atoms with van der Waals surface area (Å²) in [7, 11) is 0.651. The Morgan fingerprint density at radius 2 is 1.72 bits per heavy atom. The molecule has 214 valence electrons. The summed E-state index contributed by atoms with van der Waals surface area (Å²) in [6.07, 6.45) is 7.59. The van der Waals surface area contributed by atoms with Gasteiger partial charge in [-0.2, -0.15) is 4.31 Å². The number of likely N-dealkylation sites (tertiary alicyclic amines) is 1. The first-order valence-corrected chi connectivity index (χ1v) is 16.1. The molecular weight excluding hydrogens is 530 g/mol. The normalized spacial score (nSPS) is 20.4. The van der Waals surface area contributed by atoms with Crippen LogP contribution in [0, 0.1) is 13.8 Å². The molecule has 2 aromatic carbocycles. The van der Waals surface area contributed by atoms with Crippen molar-refractivity contribution in [3.63, 3.8) is 0 Å². The molecule has 2 aliphatic rings. The third-order valence-electron chi connectivity index (χ3n) is 9.02. The Kier molecular flexibility index (Phi) is 9.79. The second-order valence-electron chi connectivity index (χ2n) is 11.7. The topological polar surface area (TPSA) is 60.9 Å². The maximum Gasteiger partial charge on any atom is 0.243 e. The van der Waals surface area contributed by atoms with Gasteiger partial charge in [-0.3, -0.25) is 4.79 Å². The second kappa shape index (κ2) is 12.7. The number of carbonyl (C=O) groups excluding carboxylic acids is 1. The van der Waals surface area contributed by atoms with Crippen LogP contribution in [0.1, 0.15) is 68.1 Å². The highest BCUT2D eigenvalue weighted by Gasteiger charge is 2.38. The lowest BCUT2D eigenvalue weighted by Gasteiger charge is -2.46. The lowest BCUT2D eigenvalue weighted by atomic mass is 9.81. The number of aryl methyl sites for hydroxylation is 3. The molecule has 2 saturated heterocycles. The van der Waals surface area contributed by atoms with Crippen LogP contribution in [0.2, 0.25) is 5.02 Å². The van der Waals surface area contributed by atoms with E-state index in [2.05, 4.69) is 49.3 Å². The number of nitrogens with zero attached hydrogens (tertiary/aromatic N) is 3. The molecule has 0 bridgehead atoms. The van der Waals surface area contributed by atoms with E-state index in [1.54, 1.807) is 23.4 Å². The van der Waals surface area contributed by atoms with Crippen LogP contribution >= 0.6 is 11.6 Å². The maximum absolute atomic E-state index is 13.7. The minimum Gasteiger partial charge on any atom is -0.343 e. The van der Waals surface area contributed by atoms with Crippen molar-refractivity contribution in [2.45, 2.75) is 88.1 Å². The number of benzene rings is 2. The minimum absolute atomic E-state index is 0.0927. The summed E-state index contributed by atoms with van der Waals surface area (Å²) in [6, 6.07) is 13.9. The smallest absolute Gasteiger partial charge is 0.243 e.